The van der Waals surface area contributed by atoms with Gasteiger partial charge in [0.1, 0.15) is 43.9 Å². The van der Waals surface area contributed by atoms with Gasteiger partial charge < -0.3 is 28.4 Å². The molecule has 0 N–H and O–H groups in total. The van der Waals surface area contributed by atoms with Crippen LogP contribution < -0.4 is 14.2 Å². The van der Waals surface area contributed by atoms with Gasteiger partial charge in [-0.05, 0) is 11.6 Å². The molecule has 3 aliphatic heterocycles. The number of ether oxygens (including phenoxy) is 6. The van der Waals surface area contributed by atoms with Crippen molar-refractivity contribution < 1.29 is 28.4 Å². The van der Waals surface area contributed by atoms with Crippen molar-refractivity contribution in [1.82, 2.24) is 0 Å². The Morgan fingerprint density at radius 3 is 1.96 bits per heavy atom. The Hall–Kier alpha value is -2.28. The molecule has 3 unspecified atom stereocenters. The molecule has 0 spiro atoms. The molecule has 142 valence electrons. The van der Waals surface area contributed by atoms with Gasteiger partial charge in [-0.25, -0.2) is 0 Å². The molecule has 3 atom stereocenters. The van der Waals surface area contributed by atoms with Crippen LogP contribution in [0.25, 0.3) is 11.1 Å². The third-order valence-corrected chi connectivity index (χ3v) is 4.59. The molecular formula is C21H22O6. The fourth-order valence-corrected chi connectivity index (χ4v) is 2.79. The first-order valence-corrected chi connectivity index (χ1v) is 9.32. The van der Waals surface area contributed by atoms with Gasteiger partial charge in [0.25, 0.3) is 0 Å². The molecule has 3 heterocycles. The molecule has 0 saturated carbocycles. The van der Waals surface area contributed by atoms with Crippen molar-refractivity contribution in [1.29, 1.82) is 0 Å². The predicted molar refractivity (Wildman–Crippen MR) is 97.6 cm³/mol. The Morgan fingerprint density at radius 2 is 1.33 bits per heavy atom. The maximum atomic E-state index is 6.12. The molecule has 2 aromatic carbocycles. The molecule has 6 nitrogen and oxygen atoms in total. The highest BCUT2D eigenvalue weighted by Gasteiger charge is 2.28. The number of rotatable bonds is 10. The molecule has 27 heavy (non-hydrogen) atoms. The first kappa shape index (κ1) is 16.9. The van der Waals surface area contributed by atoms with Crippen molar-refractivity contribution in [3.05, 3.63) is 42.5 Å². The highest BCUT2D eigenvalue weighted by molar-refractivity contribution is 5.75. The van der Waals surface area contributed by atoms with Crippen LogP contribution in [-0.2, 0) is 14.2 Å². The minimum absolute atomic E-state index is 0.161. The summed E-state index contributed by atoms with van der Waals surface area (Å²) in [6, 6.07) is 14.0. The van der Waals surface area contributed by atoms with Gasteiger partial charge in [-0.1, -0.05) is 30.3 Å². The predicted octanol–water partition coefficient (Wildman–Crippen LogP) is 2.69. The molecule has 6 heteroatoms. The van der Waals surface area contributed by atoms with Gasteiger partial charge in [-0.2, -0.15) is 0 Å². The Balaban J connectivity index is 1.47. The van der Waals surface area contributed by atoms with Crippen molar-refractivity contribution >= 4 is 0 Å². The zero-order valence-electron chi connectivity index (χ0n) is 15.0. The van der Waals surface area contributed by atoms with Crippen LogP contribution in [-0.4, -0.2) is 58.0 Å². The van der Waals surface area contributed by atoms with Gasteiger partial charge in [0.15, 0.2) is 11.5 Å². The first-order chi connectivity index (χ1) is 13.3. The molecule has 0 aliphatic carbocycles. The minimum atomic E-state index is 0.161. The third kappa shape index (κ3) is 4.53. The number of hydrogen-bond acceptors (Lipinski definition) is 6. The zero-order valence-corrected chi connectivity index (χ0v) is 15.0. The molecule has 0 aromatic heterocycles. The lowest BCUT2D eigenvalue weighted by molar-refractivity contribution is 0.225. The van der Waals surface area contributed by atoms with Crippen LogP contribution in [0.2, 0.25) is 0 Å². The minimum Gasteiger partial charge on any atom is -0.491 e. The number of benzene rings is 2. The van der Waals surface area contributed by atoms with Crippen molar-refractivity contribution in [3.8, 4) is 28.4 Å². The molecular weight excluding hydrogens is 348 g/mol. The molecule has 2 aromatic rings. The summed E-state index contributed by atoms with van der Waals surface area (Å²) in [4.78, 5) is 0. The van der Waals surface area contributed by atoms with Crippen LogP contribution in [0.1, 0.15) is 0 Å². The lowest BCUT2D eigenvalue weighted by atomic mass is 10.0. The Labute approximate surface area is 157 Å². The van der Waals surface area contributed by atoms with Gasteiger partial charge in [-0.15, -0.1) is 0 Å². The summed E-state index contributed by atoms with van der Waals surface area (Å²) in [7, 11) is 0. The largest absolute Gasteiger partial charge is 0.491 e. The van der Waals surface area contributed by atoms with E-state index >= 15 is 0 Å². The van der Waals surface area contributed by atoms with Gasteiger partial charge in [0.05, 0.1) is 19.8 Å². The van der Waals surface area contributed by atoms with E-state index in [1.54, 1.807) is 0 Å². The monoisotopic (exact) mass is 370 g/mol. The van der Waals surface area contributed by atoms with E-state index in [2.05, 4.69) is 12.1 Å². The SMILES string of the molecule is c1ccc(-c2cc(OCC3CO3)cc(OCC3CO3)c2OCC2CO2)cc1. The zero-order chi connectivity index (χ0) is 18.1. The van der Waals surface area contributed by atoms with Crippen LogP contribution in [0.4, 0.5) is 0 Å². The van der Waals surface area contributed by atoms with Crippen molar-refractivity contribution in [2.24, 2.45) is 0 Å². The van der Waals surface area contributed by atoms with E-state index in [-0.39, 0.29) is 18.3 Å². The average Bonchev–Trinajstić information content (AvgIpc) is 3.57. The van der Waals surface area contributed by atoms with E-state index in [0.717, 1.165) is 36.7 Å². The molecule has 3 fully saturated rings. The van der Waals surface area contributed by atoms with Crippen molar-refractivity contribution in [3.63, 3.8) is 0 Å². The Bertz CT molecular complexity index is 781. The van der Waals surface area contributed by atoms with Gasteiger partial charge in [-0.3, -0.25) is 0 Å². The van der Waals surface area contributed by atoms with Crippen molar-refractivity contribution in [2.45, 2.75) is 18.3 Å². The van der Waals surface area contributed by atoms with E-state index in [1.807, 2.05) is 30.3 Å². The molecule has 3 saturated heterocycles. The topological polar surface area (TPSA) is 65.3 Å². The summed E-state index contributed by atoms with van der Waals surface area (Å²) in [5, 5.41) is 0. The second-order valence-corrected chi connectivity index (χ2v) is 6.96. The van der Waals surface area contributed by atoms with Gasteiger partial charge in [0.2, 0.25) is 0 Å². The van der Waals surface area contributed by atoms with Crippen LogP contribution in [0.3, 0.4) is 0 Å². The van der Waals surface area contributed by atoms with Gasteiger partial charge in [0, 0.05) is 11.6 Å². The fraction of sp³-hybridized carbons (Fsp3) is 0.429. The van der Waals surface area contributed by atoms with Crippen LogP contribution in [0.5, 0.6) is 17.2 Å². The highest BCUT2D eigenvalue weighted by atomic mass is 16.6. The molecule has 0 bridgehead atoms. The smallest absolute Gasteiger partial charge is 0.169 e. The van der Waals surface area contributed by atoms with E-state index < -0.39 is 0 Å². The van der Waals surface area contributed by atoms with E-state index in [0.29, 0.717) is 31.3 Å². The average molecular weight is 370 g/mol. The summed E-state index contributed by atoms with van der Waals surface area (Å²) < 4.78 is 33.9. The fourth-order valence-electron chi connectivity index (χ4n) is 2.79. The standard InChI is InChI=1S/C21H22O6/c1-2-4-14(5-3-1)19-6-15(22-8-16-9-23-16)7-20(26-12-17-10-24-17)21(19)27-13-18-11-25-18/h1-7,16-18H,8-13H2. The lowest BCUT2D eigenvalue weighted by Crippen LogP contribution is -2.10. The maximum absolute atomic E-state index is 6.12. The maximum Gasteiger partial charge on any atom is 0.169 e. The van der Waals surface area contributed by atoms with Crippen molar-refractivity contribution in [2.75, 3.05) is 39.6 Å². The first-order valence-electron chi connectivity index (χ1n) is 9.32. The summed E-state index contributed by atoms with van der Waals surface area (Å²) in [5.41, 5.74) is 1.99. The van der Waals surface area contributed by atoms with E-state index in [9.17, 15) is 0 Å². The number of epoxide rings is 3. The number of hydrogen-bond donors (Lipinski definition) is 0. The summed E-state index contributed by atoms with van der Waals surface area (Å²) in [6.07, 6.45) is 0.516. The second kappa shape index (κ2) is 7.38. The Kier molecular flexibility index (Phi) is 4.61. The van der Waals surface area contributed by atoms with E-state index in [1.165, 1.54) is 0 Å². The molecule has 0 amide bonds. The molecule has 3 aliphatic rings. The normalized spacial score (nSPS) is 25.0. The molecule has 0 radical (unpaired) electrons. The summed E-state index contributed by atoms with van der Waals surface area (Å²) >= 11 is 0. The van der Waals surface area contributed by atoms with Crippen LogP contribution in [0, 0.1) is 0 Å². The third-order valence-electron chi connectivity index (χ3n) is 4.59. The van der Waals surface area contributed by atoms with Gasteiger partial charge >= 0.3 is 0 Å². The molecule has 5 rings (SSSR count). The van der Waals surface area contributed by atoms with E-state index in [4.69, 9.17) is 28.4 Å². The second-order valence-electron chi connectivity index (χ2n) is 6.96. The lowest BCUT2D eigenvalue weighted by Gasteiger charge is -2.18. The summed E-state index contributed by atoms with van der Waals surface area (Å²) in [5.74, 6) is 2.12. The van der Waals surface area contributed by atoms with Crippen LogP contribution >= 0.6 is 0 Å². The Morgan fingerprint density at radius 1 is 0.741 bits per heavy atom. The summed E-state index contributed by atoms with van der Waals surface area (Å²) in [6.45, 7) is 3.79. The quantitative estimate of drug-likeness (QED) is 0.599. The highest BCUT2D eigenvalue weighted by Crippen LogP contribution is 2.42. The van der Waals surface area contributed by atoms with Crippen LogP contribution in [0.15, 0.2) is 42.5 Å².